The Kier molecular flexibility index (Phi) is 5.31. The van der Waals surface area contributed by atoms with E-state index in [0.717, 1.165) is 12.8 Å². The van der Waals surface area contributed by atoms with Crippen LogP contribution in [-0.4, -0.2) is 30.7 Å². The summed E-state index contributed by atoms with van der Waals surface area (Å²) in [6, 6.07) is 1.39. The van der Waals surface area contributed by atoms with Crippen LogP contribution in [0.2, 0.25) is 5.15 Å². The molecule has 0 radical (unpaired) electrons. The summed E-state index contributed by atoms with van der Waals surface area (Å²) in [4.78, 5) is 3.71. The van der Waals surface area contributed by atoms with E-state index in [1.807, 2.05) is 0 Å². The third-order valence-corrected chi connectivity index (χ3v) is 5.98. The molecule has 2 atom stereocenters. The van der Waals surface area contributed by atoms with Crippen LogP contribution in [0.5, 0.6) is 0 Å². The minimum absolute atomic E-state index is 0.0114. The van der Waals surface area contributed by atoms with Crippen LogP contribution in [0.3, 0.4) is 0 Å². The second-order valence-electron chi connectivity index (χ2n) is 5.69. The number of halogens is 2. The molecule has 1 aromatic rings. The Morgan fingerprint density at radius 1 is 1.62 bits per heavy atom. The van der Waals surface area contributed by atoms with Crippen molar-refractivity contribution in [3.63, 3.8) is 0 Å². The molecule has 1 fully saturated rings. The van der Waals surface area contributed by atoms with E-state index in [9.17, 15) is 13.5 Å². The molecule has 0 bridgehead atoms. The molecular weight excluding hydrogens is 380 g/mol. The molecule has 0 amide bonds. The van der Waals surface area contributed by atoms with Crippen molar-refractivity contribution in [2.45, 2.75) is 43.1 Å². The molecule has 0 aromatic carbocycles. The van der Waals surface area contributed by atoms with Gasteiger partial charge in [0.2, 0.25) is 10.0 Å². The lowest BCUT2D eigenvalue weighted by atomic mass is 9.79. The Bertz CT molecular complexity index is 626. The van der Waals surface area contributed by atoms with Crippen LogP contribution in [0.4, 0.5) is 0 Å². The Labute approximate surface area is 138 Å². The first-order valence-electron chi connectivity index (χ1n) is 6.75. The summed E-state index contributed by atoms with van der Waals surface area (Å²) in [6.07, 6.45) is 4.59. The number of hydrogen-bond donors (Lipinski definition) is 2. The van der Waals surface area contributed by atoms with Crippen LogP contribution in [0.15, 0.2) is 21.6 Å². The number of aliphatic hydroxyl groups is 1. The van der Waals surface area contributed by atoms with E-state index in [2.05, 4.69) is 32.6 Å². The average Bonchev–Trinajstić information content (AvgIpc) is 2.39. The largest absolute Gasteiger partial charge is 0.389 e. The molecule has 2 unspecified atom stereocenters. The number of hydrogen-bond acceptors (Lipinski definition) is 4. The fraction of sp³-hybridized carbons (Fsp3) is 0.615. The Morgan fingerprint density at radius 2 is 2.33 bits per heavy atom. The van der Waals surface area contributed by atoms with Gasteiger partial charge in [0.1, 0.15) is 10.0 Å². The second kappa shape index (κ2) is 6.50. The highest BCUT2D eigenvalue weighted by molar-refractivity contribution is 9.10. The monoisotopic (exact) mass is 396 g/mol. The predicted molar refractivity (Wildman–Crippen MR) is 84.7 cm³/mol. The minimum Gasteiger partial charge on any atom is -0.389 e. The fourth-order valence-electron chi connectivity index (χ4n) is 2.69. The van der Waals surface area contributed by atoms with E-state index in [1.165, 1.54) is 12.3 Å². The zero-order chi connectivity index (χ0) is 15.7. The van der Waals surface area contributed by atoms with E-state index < -0.39 is 15.6 Å². The van der Waals surface area contributed by atoms with Gasteiger partial charge in [0.25, 0.3) is 0 Å². The molecule has 1 aromatic heterocycles. The summed E-state index contributed by atoms with van der Waals surface area (Å²) in [5.74, 6) is 0.393. The Balaban J connectivity index is 2.13. The molecule has 21 heavy (non-hydrogen) atoms. The van der Waals surface area contributed by atoms with E-state index in [4.69, 9.17) is 11.6 Å². The molecule has 0 saturated heterocycles. The number of nitrogens with zero attached hydrogens (tertiary/aromatic N) is 1. The molecule has 2 rings (SSSR count). The number of rotatable bonds is 4. The van der Waals surface area contributed by atoms with Gasteiger partial charge in [-0.05, 0) is 40.8 Å². The topological polar surface area (TPSA) is 79.3 Å². The highest BCUT2D eigenvalue weighted by atomic mass is 79.9. The Hall–Kier alpha value is -0.210. The summed E-state index contributed by atoms with van der Waals surface area (Å²) in [5, 5.41) is 10.4. The maximum atomic E-state index is 12.3. The molecule has 0 spiro atoms. The maximum absolute atomic E-state index is 12.3. The normalized spacial score (nSPS) is 26.8. The number of sulfonamides is 1. The summed E-state index contributed by atoms with van der Waals surface area (Å²) >= 11 is 9.02. The highest BCUT2D eigenvalue weighted by Crippen LogP contribution is 2.32. The lowest BCUT2D eigenvalue weighted by molar-refractivity contribution is -0.00751. The first kappa shape index (κ1) is 17.1. The van der Waals surface area contributed by atoms with Gasteiger partial charge < -0.3 is 5.11 Å². The van der Waals surface area contributed by atoms with E-state index in [1.54, 1.807) is 0 Å². The Morgan fingerprint density at radius 3 is 3.00 bits per heavy atom. The van der Waals surface area contributed by atoms with Gasteiger partial charge in [0.05, 0.1) is 5.60 Å². The minimum atomic E-state index is -3.80. The van der Waals surface area contributed by atoms with Gasteiger partial charge in [-0.15, -0.1) is 0 Å². The van der Waals surface area contributed by atoms with Gasteiger partial charge >= 0.3 is 0 Å². The van der Waals surface area contributed by atoms with Crippen molar-refractivity contribution in [2.75, 3.05) is 6.54 Å². The van der Waals surface area contributed by atoms with Gasteiger partial charge in [0, 0.05) is 17.2 Å². The molecule has 2 N–H and O–H groups in total. The highest BCUT2D eigenvalue weighted by Gasteiger charge is 2.34. The van der Waals surface area contributed by atoms with Crippen molar-refractivity contribution >= 4 is 37.6 Å². The van der Waals surface area contributed by atoms with Crippen molar-refractivity contribution in [3.05, 3.63) is 21.9 Å². The van der Waals surface area contributed by atoms with Crippen molar-refractivity contribution < 1.29 is 13.5 Å². The molecule has 1 heterocycles. The van der Waals surface area contributed by atoms with Crippen molar-refractivity contribution in [2.24, 2.45) is 5.92 Å². The van der Waals surface area contributed by atoms with Crippen LogP contribution in [-0.2, 0) is 10.0 Å². The van der Waals surface area contributed by atoms with E-state index >= 15 is 0 Å². The summed E-state index contributed by atoms with van der Waals surface area (Å²) < 4.78 is 27.6. The van der Waals surface area contributed by atoms with Gasteiger partial charge in [0.15, 0.2) is 0 Å². The molecule has 1 saturated carbocycles. The van der Waals surface area contributed by atoms with Crippen LogP contribution in [0, 0.1) is 5.92 Å². The SMILES string of the molecule is CC1CCCC(O)(CNS(=O)(=O)c2cc(Br)cnc2Cl)C1. The van der Waals surface area contributed by atoms with Crippen LogP contribution >= 0.6 is 27.5 Å². The third-order valence-electron chi connectivity index (χ3n) is 3.72. The van der Waals surface area contributed by atoms with Crippen LogP contribution in [0.25, 0.3) is 0 Å². The molecule has 0 aliphatic heterocycles. The third kappa shape index (κ3) is 4.39. The molecule has 1 aliphatic carbocycles. The zero-order valence-corrected chi connectivity index (χ0v) is 14.8. The first-order valence-corrected chi connectivity index (χ1v) is 9.40. The van der Waals surface area contributed by atoms with Crippen molar-refractivity contribution in [3.8, 4) is 0 Å². The summed E-state index contributed by atoms with van der Waals surface area (Å²) in [5.41, 5.74) is -0.989. The molecule has 118 valence electrons. The number of aromatic nitrogens is 1. The number of nitrogens with one attached hydrogen (secondary N) is 1. The first-order chi connectivity index (χ1) is 9.72. The molecule has 5 nitrogen and oxygen atoms in total. The maximum Gasteiger partial charge on any atom is 0.243 e. The van der Waals surface area contributed by atoms with Crippen molar-refractivity contribution in [1.82, 2.24) is 9.71 Å². The average molecular weight is 398 g/mol. The number of pyridine rings is 1. The fourth-order valence-corrected chi connectivity index (χ4v) is 4.75. The molecule has 8 heteroatoms. The van der Waals surface area contributed by atoms with Gasteiger partial charge in [-0.25, -0.2) is 18.1 Å². The molecular formula is C13H18BrClN2O3S. The van der Waals surface area contributed by atoms with Gasteiger partial charge in [-0.3, -0.25) is 0 Å². The van der Waals surface area contributed by atoms with Crippen LogP contribution < -0.4 is 4.72 Å². The van der Waals surface area contributed by atoms with E-state index in [0.29, 0.717) is 23.2 Å². The lowest BCUT2D eigenvalue weighted by Gasteiger charge is -2.35. The summed E-state index contributed by atoms with van der Waals surface area (Å²) in [7, 11) is -3.80. The quantitative estimate of drug-likeness (QED) is 0.766. The molecule has 1 aliphatic rings. The van der Waals surface area contributed by atoms with Gasteiger partial charge in [-0.2, -0.15) is 0 Å². The van der Waals surface area contributed by atoms with Gasteiger partial charge in [-0.1, -0.05) is 31.4 Å². The predicted octanol–water partition coefficient (Wildman–Crippen LogP) is 2.72. The lowest BCUT2D eigenvalue weighted by Crippen LogP contribution is -2.45. The van der Waals surface area contributed by atoms with Crippen molar-refractivity contribution in [1.29, 1.82) is 0 Å². The second-order valence-corrected chi connectivity index (χ2v) is 8.70. The summed E-state index contributed by atoms with van der Waals surface area (Å²) in [6.45, 7) is 2.05. The standard InChI is InChI=1S/C13H18BrClN2O3S/c1-9-3-2-4-13(18,6-9)8-17-21(19,20)11-5-10(14)7-16-12(11)15/h5,7,9,17-18H,2-4,6,8H2,1H3. The van der Waals surface area contributed by atoms with E-state index in [-0.39, 0.29) is 16.6 Å². The smallest absolute Gasteiger partial charge is 0.243 e. The zero-order valence-electron chi connectivity index (χ0n) is 11.6. The van der Waals surface area contributed by atoms with Crippen LogP contribution in [0.1, 0.15) is 32.6 Å².